The van der Waals surface area contributed by atoms with Crippen LogP contribution in [0, 0.1) is 5.82 Å². The lowest BCUT2D eigenvalue weighted by Gasteiger charge is -2.17. The molecule has 0 aliphatic heterocycles. The molecule has 37 heavy (non-hydrogen) atoms. The number of fused-ring (bicyclic) bond motifs is 1. The molecule has 4 aromatic rings. The molecule has 4 rings (SSSR count). The van der Waals surface area contributed by atoms with Gasteiger partial charge in [-0.25, -0.2) is 4.39 Å². The van der Waals surface area contributed by atoms with E-state index in [1.807, 2.05) is 18.2 Å². The normalized spacial score (nSPS) is 11.9. The predicted octanol–water partition coefficient (Wildman–Crippen LogP) is 5.41. The van der Waals surface area contributed by atoms with Crippen LogP contribution < -0.4 is 15.2 Å². The van der Waals surface area contributed by atoms with Crippen molar-refractivity contribution in [2.45, 2.75) is 32.6 Å². The van der Waals surface area contributed by atoms with Crippen LogP contribution in [0.25, 0.3) is 22.1 Å². The van der Waals surface area contributed by atoms with Crippen molar-refractivity contribution >= 4 is 16.9 Å². The zero-order valence-corrected chi connectivity index (χ0v) is 21.1. The second kappa shape index (κ2) is 11.9. The topological polar surface area (TPSA) is 93.2 Å². The first-order valence-corrected chi connectivity index (χ1v) is 11.9. The maximum atomic E-state index is 15.2. The molecule has 0 bridgehead atoms. The van der Waals surface area contributed by atoms with Gasteiger partial charge in [-0.2, -0.15) is 0 Å². The molecule has 1 atom stereocenters. The number of hydrogen-bond acceptors (Lipinski definition) is 7. The van der Waals surface area contributed by atoms with Crippen LogP contribution in [0.2, 0.25) is 0 Å². The SMILES string of the molecule is COCC(C)OC(=O)Cc1cccc(OC)c1OCc1cc(-c2cccc(CN)c2F)c2occc2c1. The molecule has 3 aromatic carbocycles. The van der Waals surface area contributed by atoms with E-state index in [-0.39, 0.29) is 31.5 Å². The molecule has 0 aliphatic carbocycles. The van der Waals surface area contributed by atoms with Crippen LogP contribution in [0.15, 0.2) is 65.3 Å². The van der Waals surface area contributed by atoms with E-state index in [2.05, 4.69) is 0 Å². The molecule has 0 saturated carbocycles. The maximum absolute atomic E-state index is 15.2. The Balaban J connectivity index is 1.63. The first-order chi connectivity index (χ1) is 17.9. The molecule has 1 aromatic heterocycles. The van der Waals surface area contributed by atoms with Crippen LogP contribution in [0.1, 0.15) is 23.6 Å². The number of carbonyl (C=O) groups is 1. The highest BCUT2D eigenvalue weighted by Gasteiger charge is 2.19. The number of methoxy groups -OCH3 is 2. The van der Waals surface area contributed by atoms with E-state index in [0.717, 1.165) is 10.9 Å². The minimum Gasteiger partial charge on any atom is -0.493 e. The molecule has 0 spiro atoms. The maximum Gasteiger partial charge on any atom is 0.310 e. The highest BCUT2D eigenvalue weighted by atomic mass is 19.1. The number of para-hydroxylation sites is 1. The van der Waals surface area contributed by atoms with E-state index in [1.54, 1.807) is 56.7 Å². The monoisotopic (exact) mass is 507 g/mol. The molecule has 0 amide bonds. The number of furan rings is 1. The molecule has 194 valence electrons. The van der Waals surface area contributed by atoms with Gasteiger partial charge in [0, 0.05) is 41.3 Å². The lowest BCUT2D eigenvalue weighted by Crippen LogP contribution is -2.21. The van der Waals surface area contributed by atoms with Gasteiger partial charge < -0.3 is 29.1 Å². The van der Waals surface area contributed by atoms with Crippen molar-refractivity contribution in [2.24, 2.45) is 5.73 Å². The molecule has 1 heterocycles. The fourth-order valence-electron chi connectivity index (χ4n) is 4.24. The predicted molar refractivity (Wildman–Crippen MR) is 138 cm³/mol. The lowest BCUT2D eigenvalue weighted by molar-refractivity contribution is -0.149. The summed E-state index contributed by atoms with van der Waals surface area (Å²) in [7, 11) is 3.09. The Kier molecular flexibility index (Phi) is 8.43. The summed E-state index contributed by atoms with van der Waals surface area (Å²) < 4.78 is 43.0. The van der Waals surface area contributed by atoms with Gasteiger partial charge in [0.15, 0.2) is 11.5 Å². The smallest absolute Gasteiger partial charge is 0.310 e. The van der Waals surface area contributed by atoms with Gasteiger partial charge in [0.05, 0.1) is 26.4 Å². The van der Waals surface area contributed by atoms with Gasteiger partial charge in [-0.3, -0.25) is 4.79 Å². The van der Waals surface area contributed by atoms with Crippen LogP contribution in [-0.2, 0) is 33.8 Å². The van der Waals surface area contributed by atoms with Gasteiger partial charge >= 0.3 is 5.97 Å². The molecule has 1 unspecified atom stereocenters. The first kappa shape index (κ1) is 26.2. The number of ether oxygens (including phenoxy) is 4. The van der Waals surface area contributed by atoms with Crippen molar-refractivity contribution in [1.82, 2.24) is 0 Å². The third-order valence-electron chi connectivity index (χ3n) is 5.93. The standard InChI is InChI=1S/C29H30FNO6/c1-18(16-33-2)37-26(32)14-20-6-5-9-25(34-3)29(20)36-17-19-12-21-10-11-35-28(21)24(13-19)23-8-4-7-22(15-31)27(23)30/h4-13,18H,14-17,31H2,1-3H3. The molecule has 0 radical (unpaired) electrons. The third-order valence-corrected chi connectivity index (χ3v) is 5.93. The Hall–Kier alpha value is -3.88. The lowest BCUT2D eigenvalue weighted by atomic mass is 9.98. The molecule has 0 saturated heterocycles. The van der Waals surface area contributed by atoms with Crippen LogP contribution in [0.4, 0.5) is 4.39 Å². The summed E-state index contributed by atoms with van der Waals surface area (Å²) >= 11 is 0. The first-order valence-electron chi connectivity index (χ1n) is 11.9. The van der Waals surface area contributed by atoms with E-state index in [0.29, 0.717) is 45.9 Å². The summed E-state index contributed by atoms with van der Waals surface area (Å²) in [4.78, 5) is 12.5. The van der Waals surface area contributed by atoms with Gasteiger partial charge in [0.2, 0.25) is 0 Å². The van der Waals surface area contributed by atoms with E-state index >= 15 is 4.39 Å². The molecule has 0 fully saturated rings. The number of halogens is 1. The third kappa shape index (κ3) is 5.93. The number of benzene rings is 3. The van der Waals surface area contributed by atoms with Crippen molar-refractivity contribution in [2.75, 3.05) is 20.8 Å². The summed E-state index contributed by atoms with van der Waals surface area (Å²) in [5.41, 5.74) is 9.12. The largest absolute Gasteiger partial charge is 0.493 e. The number of rotatable bonds is 11. The molecule has 7 nitrogen and oxygen atoms in total. The second-order valence-electron chi connectivity index (χ2n) is 8.63. The number of carbonyl (C=O) groups excluding carboxylic acids is 1. The van der Waals surface area contributed by atoms with Crippen LogP contribution >= 0.6 is 0 Å². The minimum atomic E-state index is -0.403. The summed E-state index contributed by atoms with van der Waals surface area (Å²) in [5, 5.41) is 0.810. The highest BCUT2D eigenvalue weighted by Crippen LogP contribution is 2.36. The van der Waals surface area contributed by atoms with Crippen molar-refractivity contribution < 1.29 is 32.5 Å². The fourth-order valence-corrected chi connectivity index (χ4v) is 4.24. The molecule has 2 N–H and O–H groups in total. The summed E-state index contributed by atoms with van der Waals surface area (Å²) in [6.45, 7) is 2.31. The molecule has 8 heteroatoms. The van der Waals surface area contributed by atoms with Crippen LogP contribution in [0.3, 0.4) is 0 Å². The van der Waals surface area contributed by atoms with Crippen molar-refractivity contribution in [3.8, 4) is 22.6 Å². The zero-order valence-electron chi connectivity index (χ0n) is 21.1. The van der Waals surface area contributed by atoms with Crippen molar-refractivity contribution in [3.63, 3.8) is 0 Å². The number of nitrogens with two attached hydrogens (primary N) is 1. The van der Waals surface area contributed by atoms with E-state index in [4.69, 9.17) is 29.1 Å². The van der Waals surface area contributed by atoms with Crippen LogP contribution in [-0.4, -0.2) is 32.9 Å². The van der Waals surface area contributed by atoms with Gasteiger partial charge in [-0.1, -0.05) is 30.3 Å². The van der Waals surface area contributed by atoms with Gasteiger partial charge in [-0.15, -0.1) is 0 Å². The van der Waals surface area contributed by atoms with Crippen molar-refractivity contribution in [1.29, 1.82) is 0 Å². The number of hydrogen-bond donors (Lipinski definition) is 1. The van der Waals surface area contributed by atoms with Gasteiger partial charge in [0.25, 0.3) is 0 Å². The highest BCUT2D eigenvalue weighted by molar-refractivity contribution is 5.93. The quantitative estimate of drug-likeness (QED) is 0.272. The Bertz CT molecular complexity index is 1380. The number of esters is 1. The summed E-state index contributed by atoms with van der Waals surface area (Å²) in [6.07, 6.45) is 1.20. The zero-order chi connectivity index (χ0) is 26.4. The van der Waals surface area contributed by atoms with Gasteiger partial charge in [0.1, 0.15) is 24.1 Å². The second-order valence-corrected chi connectivity index (χ2v) is 8.63. The van der Waals surface area contributed by atoms with E-state index < -0.39 is 5.97 Å². The molecular weight excluding hydrogens is 477 g/mol. The Morgan fingerprint density at radius 3 is 2.59 bits per heavy atom. The minimum absolute atomic E-state index is 0.00367. The average Bonchev–Trinajstić information content (AvgIpc) is 3.36. The fraction of sp³-hybridized carbons (Fsp3) is 0.276. The van der Waals surface area contributed by atoms with E-state index in [1.165, 1.54) is 7.11 Å². The Labute approximate surface area is 214 Å². The van der Waals surface area contributed by atoms with Gasteiger partial charge in [-0.05, 0) is 36.8 Å². The Morgan fingerprint density at radius 1 is 1.05 bits per heavy atom. The van der Waals surface area contributed by atoms with Crippen LogP contribution in [0.5, 0.6) is 11.5 Å². The summed E-state index contributed by atoms with van der Waals surface area (Å²) in [6, 6.07) is 16.0. The van der Waals surface area contributed by atoms with E-state index in [9.17, 15) is 4.79 Å². The van der Waals surface area contributed by atoms with Crippen molar-refractivity contribution in [3.05, 3.63) is 83.4 Å². The molecular formula is C29H30FNO6. The average molecular weight is 508 g/mol. The summed E-state index contributed by atoms with van der Waals surface area (Å²) in [5.74, 6) is 0.141. The molecule has 0 aliphatic rings. The Morgan fingerprint density at radius 2 is 1.84 bits per heavy atom.